The molecule has 0 aliphatic carbocycles. The molecule has 1 fully saturated rings. The fraction of sp³-hybridized carbons (Fsp3) is 0.500. The number of aryl methyl sites for hydroxylation is 1. The van der Waals surface area contributed by atoms with E-state index in [1.54, 1.807) is 6.07 Å². The largest absolute Gasteiger partial charge is 0.326 e. The van der Waals surface area contributed by atoms with Crippen LogP contribution in [-0.2, 0) is 4.79 Å². The number of benzene rings is 1. The van der Waals surface area contributed by atoms with Gasteiger partial charge in [0.2, 0.25) is 5.91 Å². The quantitative estimate of drug-likeness (QED) is 0.904. The van der Waals surface area contributed by atoms with Crippen molar-refractivity contribution in [2.75, 3.05) is 16.8 Å². The van der Waals surface area contributed by atoms with Crippen molar-refractivity contribution < 1.29 is 4.79 Å². The fourth-order valence-electron chi connectivity index (χ4n) is 2.18. The number of rotatable bonds is 3. The predicted molar refractivity (Wildman–Crippen MR) is 79.5 cm³/mol. The molecule has 0 bridgehead atoms. The summed E-state index contributed by atoms with van der Waals surface area (Å²) in [5, 5.41) is 3.68. The molecule has 4 heteroatoms. The minimum absolute atomic E-state index is 0.123. The van der Waals surface area contributed by atoms with Crippen LogP contribution in [0.4, 0.5) is 5.69 Å². The highest BCUT2D eigenvalue weighted by Gasteiger charge is 2.17. The van der Waals surface area contributed by atoms with Crippen molar-refractivity contribution in [2.24, 2.45) is 5.92 Å². The van der Waals surface area contributed by atoms with Crippen LogP contribution in [0, 0.1) is 12.8 Å². The van der Waals surface area contributed by atoms with Crippen LogP contribution in [0.3, 0.4) is 0 Å². The highest BCUT2D eigenvalue weighted by atomic mass is 35.5. The molecule has 1 heterocycles. The lowest BCUT2D eigenvalue weighted by Gasteiger charge is -2.20. The Labute approximate surface area is 117 Å². The van der Waals surface area contributed by atoms with Gasteiger partial charge in [0.25, 0.3) is 0 Å². The van der Waals surface area contributed by atoms with Gasteiger partial charge in [-0.15, -0.1) is 0 Å². The first-order chi connectivity index (χ1) is 8.65. The van der Waals surface area contributed by atoms with Crippen molar-refractivity contribution in [2.45, 2.75) is 26.2 Å². The molecular formula is C14H18ClNOS. The number of hydrogen-bond acceptors (Lipinski definition) is 2. The van der Waals surface area contributed by atoms with Crippen molar-refractivity contribution in [3.8, 4) is 0 Å². The molecule has 1 aliphatic heterocycles. The van der Waals surface area contributed by atoms with E-state index in [1.165, 1.54) is 11.5 Å². The van der Waals surface area contributed by atoms with Gasteiger partial charge in [0, 0.05) is 17.1 Å². The van der Waals surface area contributed by atoms with Crippen LogP contribution in [0.1, 0.15) is 24.8 Å². The number of halogens is 1. The molecule has 2 nitrogen and oxygen atoms in total. The van der Waals surface area contributed by atoms with Gasteiger partial charge in [-0.05, 0) is 61.0 Å². The van der Waals surface area contributed by atoms with Crippen LogP contribution in [0.25, 0.3) is 0 Å². The Kier molecular flexibility index (Phi) is 4.95. The van der Waals surface area contributed by atoms with Gasteiger partial charge in [-0.1, -0.05) is 11.6 Å². The number of carbonyl (C=O) groups is 1. The third kappa shape index (κ3) is 3.92. The molecule has 0 radical (unpaired) electrons. The lowest BCUT2D eigenvalue weighted by atomic mass is 9.98. The van der Waals surface area contributed by atoms with Gasteiger partial charge in [-0.2, -0.15) is 11.8 Å². The third-order valence-corrected chi connectivity index (χ3v) is 4.56. The standard InChI is InChI=1S/C14H18ClNOS/c1-10-8-12(15)2-3-13(10)16-14(17)9-11-4-6-18-7-5-11/h2-3,8,11H,4-7,9H2,1H3,(H,16,17). The van der Waals surface area contributed by atoms with E-state index < -0.39 is 0 Å². The minimum Gasteiger partial charge on any atom is -0.326 e. The first-order valence-corrected chi connectivity index (χ1v) is 7.82. The smallest absolute Gasteiger partial charge is 0.224 e. The first-order valence-electron chi connectivity index (χ1n) is 6.29. The minimum atomic E-state index is 0.123. The van der Waals surface area contributed by atoms with Gasteiger partial charge in [-0.3, -0.25) is 4.79 Å². The van der Waals surface area contributed by atoms with Gasteiger partial charge in [0.1, 0.15) is 0 Å². The van der Waals surface area contributed by atoms with Crippen LogP contribution >= 0.6 is 23.4 Å². The molecule has 0 spiro atoms. The maximum atomic E-state index is 12.0. The monoisotopic (exact) mass is 283 g/mol. The maximum Gasteiger partial charge on any atom is 0.224 e. The topological polar surface area (TPSA) is 29.1 Å². The molecule has 0 unspecified atom stereocenters. The Morgan fingerprint density at radius 2 is 2.17 bits per heavy atom. The number of anilines is 1. The third-order valence-electron chi connectivity index (χ3n) is 3.28. The second kappa shape index (κ2) is 6.48. The van der Waals surface area contributed by atoms with Gasteiger partial charge in [-0.25, -0.2) is 0 Å². The van der Waals surface area contributed by atoms with E-state index in [0.717, 1.165) is 24.1 Å². The molecular weight excluding hydrogens is 266 g/mol. The van der Waals surface area contributed by atoms with E-state index in [0.29, 0.717) is 17.4 Å². The first kappa shape index (κ1) is 13.8. The lowest BCUT2D eigenvalue weighted by Crippen LogP contribution is -2.19. The molecule has 1 amide bonds. The van der Waals surface area contributed by atoms with Crippen molar-refractivity contribution in [3.63, 3.8) is 0 Å². The van der Waals surface area contributed by atoms with E-state index in [1.807, 2.05) is 30.8 Å². The average molecular weight is 284 g/mol. The Morgan fingerprint density at radius 1 is 1.44 bits per heavy atom. The number of hydrogen-bond donors (Lipinski definition) is 1. The Morgan fingerprint density at radius 3 is 2.83 bits per heavy atom. The van der Waals surface area contributed by atoms with E-state index in [-0.39, 0.29) is 5.91 Å². The molecule has 1 aliphatic rings. The highest BCUT2D eigenvalue weighted by Crippen LogP contribution is 2.26. The van der Waals surface area contributed by atoms with Crippen molar-refractivity contribution in [1.29, 1.82) is 0 Å². The van der Waals surface area contributed by atoms with E-state index in [9.17, 15) is 4.79 Å². The molecule has 98 valence electrons. The molecule has 18 heavy (non-hydrogen) atoms. The summed E-state index contributed by atoms with van der Waals surface area (Å²) in [6.45, 7) is 1.96. The summed E-state index contributed by atoms with van der Waals surface area (Å²) in [7, 11) is 0. The zero-order chi connectivity index (χ0) is 13.0. The van der Waals surface area contributed by atoms with Gasteiger partial charge in [0.05, 0.1) is 0 Å². The fourth-order valence-corrected chi connectivity index (χ4v) is 3.61. The number of nitrogens with one attached hydrogen (secondary N) is 1. The number of amides is 1. The molecule has 0 saturated carbocycles. The second-order valence-corrected chi connectivity index (χ2v) is 6.43. The molecule has 2 rings (SSSR count). The van der Waals surface area contributed by atoms with Gasteiger partial charge in [0.15, 0.2) is 0 Å². The SMILES string of the molecule is Cc1cc(Cl)ccc1NC(=O)CC1CCSCC1. The lowest BCUT2D eigenvalue weighted by molar-refractivity contribution is -0.117. The van der Waals surface area contributed by atoms with Gasteiger partial charge < -0.3 is 5.32 Å². The van der Waals surface area contributed by atoms with Crippen LogP contribution < -0.4 is 5.32 Å². The molecule has 0 aromatic heterocycles. The Hall–Kier alpha value is -0.670. The summed E-state index contributed by atoms with van der Waals surface area (Å²) >= 11 is 7.88. The molecule has 1 aromatic rings. The van der Waals surface area contributed by atoms with E-state index in [4.69, 9.17) is 11.6 Å². The summed E-state index contributed by atoms with van der Waals surface area (Å²) < 4.78 is 0. The Bertz CT molecular complexity index is 430. The van der Waals surface area contributed by atoms with Crippen molar-refractivity contribution >= 4 is 35.0 Å². The van der Waals surface area contributed by atoms with Gasteiger partial charge >= 0.3 is 0 Å². The number of thioether (sulfide) groups is 1. The summed E-state index contributed by atoms with van der Waals surface area (Å²) in [4.78, 5) is 12.0. The number of carbonyl (C=O) groups excluding carboxylic acids is 1. The normalized spacial score (nSPS) is 16.6. The van der Waals surface area contributed by atoms with Crippen LogP contribution in [0.2, 0.25) is 5.02 Å². The Balaban J connectivity index is 1.90. The van der Waals surface area contributed by atoms with Crippen LogP contribution in [-0.4, -0.2) is 17.4 Å². The maximum absolute atomic E-state index is 12.0. The van der Waals surface area contributed by atoms with Crippen LogP contribution in [0.5, 0.6) is 0 Å². The van der Waals surface area contributed by atoms with E-state index >= 15 is 0 Å². The predicted octanol–water partition coefficient (Wildman–Crippen LogP) is 4.12. The second-order valence-electron chi connectivity index (χ2n) is 4.77. The summed E-state index contributed by atoms with van der Waals surface area (Å²) in [6.07, 6.45) is 2.97. The van der Waals surface area contributed by atoms with E-state index in [2.05, 4.69) is 5.32 Å². The summed E-state index contributed by atoms with van der Waals surface area (Å²) in [6, 6.07) is 5.54. The molecule has 1 aromatic carbocycles. The van der Waals surface area contributed by atoms with Crippen molar-refractivity contribution in [3.05, 3.63) is 28.8 Å². The summed E-state index contributed by atoms with van der Waals surface area (Å²) in [5.41, 5.74) is 1.88. The zero-order valence-corrected chi connectivity index (χ0v) is 12.1. The molecule has 0 atom stereocenters. The molecule has 1 saturated heterocycles. The van der Waals surface area contributed by atoms with Crippen molar-refractivity contribution in [1.82, 2.24) is 0 Å². The summed E-state index contributed by atoms with van der Waals surface area (Å²) in [5.74, 6) is 3.06. The average Bonchev–Trinajstić information content (AvgIpc) is 2.34. The highest BCUT2D eigenvalue weighted by molar-refractivity contribution is 7.99. The molecule has 1 N–H and O–H groups in total. The zero-order valence-electron chi connectivity index (χ0n) is 10.5. The van der Waals surface area contributed by atoms with Crippen LogP contribution in [0.15, 0.2) is 18.2 Å².